The fourth-order valence-corrected chi connectivity index (χ4v) is 11.6. The van der Waals surface area contributed by atoms with Gasteiger partial charge in [0.2, 0.25) is 5.91 Å². The molecule has 9 atom stereocenters. The highest BCUT2D eigenvalue weighted by molar-refractivity contribution is 5.96. The van der Waals surface area contributed by atoms with Crippen LogP contribution < -0.4 is 5.32 Å². The molecular formula is C38H53NO4. The monoisotopic (exact) mass is 587 g/mol. The zero-order valence-corrected chi connectivity index (χ0v) is 27.8. The van der Waals surface area contributed by atoms with Gasteiger partial charge in [-0.3, -0.25) is 14.4 Å². The molecule has 4 fully saturated rings. The summed E-state index contributed by atoms with van der Waals surface area (Å²) in [6, 6.07) is 9.78. The number of esters is 1. The molecular weight excluding hydrogens is 534 g/mol. The number of para-hydroxylation sites is 1. The Morgan fingerprint density at radius 1 is 0.860 bits per heavy atom. The molecule has 1 N–H and O–H groups in total. The van der Waals surface area contributed by atoms with Gasteiger partial charge in [0, 0.05) is 29.4 Å². The SMILES string of the molecule is CC(=O)O[C@@H]1CC[C@]2(C)[C@H](CC[C@]3(C)[C@@H]2C(=O)C=C2[C@@H]4C[C@](C)(C(=O)Nc5ccccc5)CC[C@]4(C)CC[C@@]23C)C1(C)C. The Morgan fingerprint density at radius 2 is 1.53 bits per heavy atom. The van der Waals surface area contributed by atoms with E-state index in [0.717, 1.165) is 63.5 Å². The predicted octanol–water partition coefficient (Wildman–Crippen LogP) is 8.54. The molecule has 5 heteroatoms. The molecule has 0 unspecified atom stereocenters. The Kier molecular flexibility index (Phi) is 6.96. The molecule has 0 aliphatic heterocycles. The highest BCUT2D eigenvalue weighted by Gasteiger charge is 2.70. The summed E-state index contributed by atoms with van der Waals surface area (Å²) in [5.41, 5.74) is 1.22. The van der Waals surface area contributed by atoms with Crippen LogP contribution in [0, 0.1) is 50.2 Å². The highest BCUT2D eigenvalue weighted by Crippen LogP contribution is 2.75. The third kappa shape index (κ3) is 4.33. The molecule has 234 valence electrons. The number of ether oxygens (including phenoxy) is 1. The van der Waals surface area contributed by atoms with Crippen molar-refractivity contribution in [2.24, 2.45) is 50.2 Å². The number of carbonyl (C=O) groups is 3. The van der Waals surface area contributed by atoms with Gasteiger partial charge in [-0.05, 0) is 109 Å². The van der Waals surface area contributed by atoms with E-state index in [1.54, 1.807) is 0 Å². The molecule has 5 aliphatic carbocycles. The van der Waals surface area contributed by atoms with Gasteiger partial charge >= 0.3 is 5.97 Å². The van der Waals surface area contributed by atoms with Crippen molar-refractivity contribution in [1.29, 1.82) is 0 Å². The van der Waals surface area contributed by atoms with Crippen LogP contribution in [0.5, 0.6) is 0 Å². The Bertz CT molecular complexity index is 1360. The first-order chi connectivity index (χ1) is 20.0. The number of hydrogen-bond acceptors (Lipinski definition) is 4. The molecule has 4 saturated carbocycles. The number of ketones is 1. The van der Waals surface area contributed by atoms with E-state index in [9.17, 15) is 14.4 Å². The van der Waals surface area contributed by atoms with Crippen molar-refractivity contribution in [1.82, 2.24) is 0 Å². The Hall–Kier alpha value is -2.43. The van der Waals surface area contributed by atoms with Crippen molar-refractivity contribution in [2.75, 3.05) is 5.32 Å². The largest absolute Gasteiger partial charge is 0.462 e. The number of amides is 1. The minimum absolute atomic E-state index is 0.0502. The zero-order chi connectivity index (χ0) is 31.2. The average molecular weight is 588 g/mol. The summed E-state index contributed by atoms with van der Waals surface area (Å²) in [6.45, 7) is 17.9. The molecule has 6 rings (SSSR count). The van der Waals surface area contributed by atoms with Crippen LogP contribution in [0.25, 0.3) is 0 Å². The topological polar surface area (TPSA) is 72.5 Å². The smallest absolute Gasteiger partial charge is 0.302 e. The molecule has 1 amide bonds. The fraction of sp³-hybridized carbons (Fsp3) is 0.711. The van der Waals surface area contributed by atoms with Crippen molar-refractivity contribution >= 4 is 23.3 Å². The summed E-state index contributed by atoms with van der Waals surface area (Å²) < 4.78 is 5.87. The summed E-state index contributed by atoms with van der Waals surface area (Å²) in [7, 11) is 0. The van der Waals surface area contributed by atoms with Crippen molar-refractivity contribution in [2.45, 2.75) is 119 Å². The van der Waals surface area contributed by atoms with E-state index in [1.807, 2.05) is 30.3 Å². The number of carbonyl (C=O) groups excluding carboxylic acids is 3. The minimum Gasteiger partial charge on any atom is -0.462 e. The lowest BCUT2D eigenvalue weighted by molar-refractivity contribution is -0.210. The zero-order valence-electron chi connectivity index (χ0n) is 27.8. The minimum atomic E-state index is -0.483. The van der Waals surface area contributed by atoms with Gasteiger partial charge in [-0.2, -0.15) is 0 Å². The number of allylic oxidation sites excluding steroid dienone is 2. The van der Waals surface area contributed by atoms with Crippen LogP contribution in [0.1, 0.15) is 113 Å². The average Bonchev–Trinajstić information content (AvgIpc) is 2.93. The first kappa shape index (κ1) is 30.6. The van der Waals surface area contributed by atoms with Crippen LogP contribution in [-0.2, 0) is 19.1 Å². The van der Waals surface area contributed by atoms with Gasteiger partial charge in [-0.15, -0.1) is 0 Å². The standard InChI is InChI=1S/C38H53NO4/c1-24(40)43-30-15-16-36(6)29(33(30,2)3)14-17-38(8)31(36)28(41)22-26-27-23-35(5,32(42)39-25-12-10-9-11-13-25)19-18-34(27,4)20-21-37(26,38)7/h9-13,22,27,29-31H,14-21,23H2,1-8H3,(H,39,42)/t27-,29+,30+,31+,34+,35+,36+,37-,38+/m0/s1. The second-order valence-electron chi connectivity index (χ2n) is 17.0. The van der Waals surface area contributed by atoms with Crippen LogP contribution in [0.15, 0.2) is 42.0 Å². The van der Waals surface area contributed by atoms with Gasteiger partial charge in [0.15, 0.2) is 5.78 Å². The first-order valence-corrected chi connectivity index (χ1v) is 16.8. The second-order valence-corrected chi connectivity index (χ2v) is 17.0. The van der Waals surface area contributed by atoms with Gasteiger partial charge in [-0.1, -0.05) is 72.2 Å². The maximum absolute atomic E-state index is 14.6. The first-order valence-electron chi connectivity index (χ1n) is 16.8. The van der Waals surface area contributed by atoms with E-state index in [2.05, 4.69) is 59.9 Å². The molecule has 5 aliphatic rings. The molecule has 1 aromatic rings. The van der Waals surface area contributed by atoms with Crippen LogP contribution >= 0.6 is 0 Å². The summed E-state index contributed by atoms with van der Waals surface area (Å²) in [4.78, 5) is 40.4. The molecule has 1 aromatic carbocycles. The van der Waals surface area contributed by atoms with Gasteiger partial charge < -0.3 is 10.1 Å². The molecule has 0 heterocycles. The van der Waals surface area contributed by atoms with Crippen LogP contribution in [0.2, 0.25) is 0 Å². The van der Waals surface area contributed by atoms with E-state index < -0.39 is 5.41 Å². The van der Waals surface area contributed by atoms with Crippen LogP contribution in [-0.4, -0.2) is 23.8 Å². The van der Waals surface area contributed by atoms with Gasteiger partial charge in [0.1, 0.15) is 6.10 Å². The quantitative estimate of drug-likeness (QED) is 0.360. The van der Waals surface area contributed by atoms with Crippen molar-refractivity contribution in [3.8, 4) is 0 Å². The molecule has 0 saturated heterocycles. The van der Waals surface area contributed by atoms with Crippen LogP contribution in [0.4, 0.5) is 5.69 Å². The van der Waals surface area contributed by atoms with Crippen molar-refractivity contribution in [3.05, 3.63) is 42.0 Å². The maximum atomic E-state index is 14.6. The number of fused-ring (bicyclic) bond motifs is 7. The Balaban J connectivity index is 1.36. The summed E-state index contributed by atoms with van der Waals surface area (Å²) in [5.74, 6) is 0.667. The lowest BCUT2D eigenvalue weighted by Gasteiger charge is -2.70. The van der Waals surface area contributed by atoms with Gasteiger partial charge in [0.25, 0.3) is 0 Å². The number of rotatable bonds is 3. The summed E-state index contributed by atoms with van der Waals surface area (Å²) in [6.07, 6.45) is 10.6. The van der Waals surface area contributed by atoms with E-state index in [4.69, 9.17) is 4.74 Å². The highest BCUT2D eigenvalue weighted by atomic mass is 16.5. The van der Waals surface area contributed by atoms with E-state index >= 15 is 0 Å². The number of anilines is 1. The number of hydrogen-bond donors (Lipinski definition) is 1. The van der Waals surface area contributed by atoms with Crippen molar-refractivity contribution < 1.29 is 19.1 Å². The van der Waals surface area contributed by atoms with Crippen LogP contribution in [0.3, 0.4) is 0 Å². The maximum Gasteiger partial charge on any atom is 0.302 e. The van der Waals surface area contributed by atoms with E-state index in [0.29, 0.717) is 11.7 Å². The predicted molar refractivity (Wildman–Crippen MR) is 170 cm³/mol. The third-order valence-electron chi connectivity index (χ3n) is 14.4. The Labute approximate surface area is 259 Å². The van der Waals surface area contributed by atoms with Gasteiger partial charge in [-0.25, -0.2) is 0 Å². The lowest BCUT2D eigenvalue weighted by Crippen LogP contribution is -2.66. The molecule has 5 nitrogen and oxygen atoms in total. The second kappa shape index (κ2) is 9.78. The van der Waals surface area contributed by atoms with Gasteiger partial charge in [0.05, 0.1) is 0 Å². The lowest BCUT2D eigenvalue weighted by atomic mass is 9.33. The fourth-order valence-electron chi connectivity index (χ4n) is 11.6. The summed E-state index contributed by atoms with van der Waals surface area (Å²) in [5, 5.41) is 3.21. The molecule has 0 radical (unpaired) electrons. The molecule has 0 bridgehead atoms. The van der Waals surface area contributed by atoms with E-state index in [-0.39, 0.29) is 56.9 Å². The Morgan fingerprint density at radius 3 is 2.21 bits per heavy atom. The number of nitrogens with one attached hydrogen (secondary N) is 1. The number of benzene rings is 1. The molecule has 0 spiro atoms. The molecule has 43 heavy (non-hydrogen) atoms. The van der Waals surface area contributed by atoms with Crippen molar-refractivity contribution in [3.63, 3.8) is 0 Å². The molecule has 0 aromatic heterocycles. The third-order valence-corrected chi connectivity index (χ3v) is 14.4. The summed E-state index contributed by atoms with van der Waals surface area (Å²) >= 11 is 0. The normalized spacial score (nSPS) is 44.9. The van der Waals surface area contributed by atoms with E-state index in [1.165, 1.54) is 12.5 Å².